The predicted molar refractivity (Wildman–Crippen MR) is 266 cm³/mol. The second kappa shape index (κ2) is 16.3. The van der Waals surface area contributed by atoms with E-state index in [9.17, 15) is 0 Å². The molecule has 11 rings (SSSR count). The van der Waals surface area contributed by atoms with Gasteiger partial charge < -0.3 is 0 Å². The van der Waals surface area contributed by atoms with Crippen LogP contribution in [0.4, 0.5) is 0 Å². The molecule has 0 atom stereocenters. The summed E-state index contributed by atoms with van der Waals surface area (Å²) >= 11 is 0. The lowest BCUT2D eigenvalue weighted by molar-refractivity contribution is 1.19. The van der Waals surface area contributed by atoms with Crippen LogP contribution >= 0.6 is 0 Å². The minimum Gasteiger partial charge on any atom is -0.247 e. The molecule has 2 aromatic heterocycles. The third-order valence-electron chi connectivity index (χ3n) is 11.9. The Kier molecular flexibility index (Phi) is 9.76. The molecule has 63 heavy (non-hydrogen) atoms. The van der Waals surface area contributed by atoms with Gasteiger partial charge in [-0.05, 0) is 92.5 Å². The zero-order chi connectivity index (χ0) is 42.1. The molecule has 296 valence electrons. The summed E-state index contributed by atoms with van der Waals surface area (Å²) in [6.45, 7) is 2.05. The quantitative estimate of drug-likeness (QED) is 0.113. The fraction of sp³-hybridized carbons (Fsp3) is 0.0167. The summed E-state index contributed by atoms with van der Waals surface area (Å²) in [5, 5.41) is 8.13. The largest absolute Gasteiger partial charge is 0.247 e. The van der Waals surface area contributed by atoms with Gasteiger partial charge >= 0.3 is 0 Å². The van der Waals surface area contributed by atoms with E-state index in [0.717, 1.165) is 88.8 Å². The van der Waals surface area contributed by atoms with Gasteiger partial charge in [0.2, 0.25) is 0 Å². The summed E-state index contributed by atoms with van der Waals surface area (Å²) in [6.07, 6.45) is 8.50. The normalized spacial score (nSPS) is 11.8. The second-order valence-corrected chi connectivity index (χ2v) is 15.9. The Morgan fingerprint density at radius 2 is 0.921 bits per heavy atom. The lowest BCUT2D eigenvalue weighted by Crippen LogP contribution is -2.01. The van der Waals surface area contributed by atoms with E-state index < -0.39 is 0 Å². The Bertz CT molecular complexity index is 3510. The third kappa shape index (κ3) is 7.16. The van der Waals surface area contributed by atoms with E-state index >= 15 is 0 Å². The van der Waals surface area contributed by atoms with Crippen LogP contribution in [0.3, 0.4) is 0 Å². The Hall–Kier alpha value is -8.27. The predicted octanol–water partition coefficient (Wildman–Crippen LogP) is 16.1. The molecule has 0 amide bonds. The molecule has 0 saturated heterocycles. The second-order valence-electron chi connectivity index (χ2n) is 15.9. The van der Waals surface area contributed by atoms with Crippen molar-refractivity contribution in [3.63, 3.8) is 0 Å². The molecule has 0 spiro atoms. The number of hydrogen-bond donors (Lipinski definition) is 0. The van der Waals surface area contributed by atoms with E-state index in [1.54, 1.807) is 0 Å². The van der Waals surface area contributed by atoms with Crippen molar-refractivity contribution >= 4 is 49.3 Å². The van der Waals surface area contributed by atoms with Crippen molar-refractivity contribution < 1.29 is 0 Å². The van der Waals surface area contributed by atoms with Crippen molar-refractivity contribution in [3.8, 4) is 67.4 Å². The molecule has 0 bridgehead atoms. The molecule has 3 nitrogen and oxygen atoms in total. The van der Waals surface area contributed by atoms with E-state index in [4.69, 9.17) is 15.0 Å². The number of para-hydroxylation sites is 1. The molecule has 0 N–H and O–H groups in total. The lowest BCUT2D eigenvalue weighted by atomic mass is 9.89. The summed E-state index contributed by atoms with van der Waals surface area (Å²) in [5.41, 5.74) is 13.1. The first kappa shape index (κ1) is 37.7. The highest BCUT2D eigenvalue weighted by atomic mass is 14.9. The molecular formula is C60H41N3. The molecule has 0 fully saturated rings. The molecule has 3 heteroatoms. The smallest absolute Gasteiger partial charge is 0.160 e. The molecule has 0 unspecified atom stereocenters. The number of nitrogens with zero attached hydrogens (tertiary/aromatic N) is 3. The van der Waals surface area contributed by atoms with E-state index in [2.05, 4.69) is 231 Å². The van der Waals surface area contributed by atoms with Crippen molar-refractivity contribution in [2.24, 2.45) is 0 Å². The summed E-state index contributed by atoms with van der Waals surface area (Å²) in [6, 6.07) is 73.2. The monoisotopic (exact) mass is 803 g/mol. The van der Waals surface area contributed by atoms with Crippen molar-refractivity contribution in [2.75, 3.05) is 0 Å². The Morgan fingerprint density at radius 3 is 1.60 bits per heavy atom. The van der Waals surface area contributed by atoms with Crippen LogP contribution in [0.15, 0.2) is 224 Å². The number of aromatic nitrogens is 3. The number of hydrogen-bond acceptors (Lipinski definition) is 3. The maximum Gasteiger partial charge on any atom is 0.160 e. The van der Waals surface area contributed by atoms with Gasteiger partial charge in [0.1, 0.15) is 0 Å². The van der Waals surface area contributed by atoms with Crippen LogP contribution in [0, 0.1) is 0 Å². The van der Waals surface area contributed by atoms with Crippen LogP contribution in [0.25, 0.3) is 117 Å². The van der Waals surface area contributed by atoms with Crippen LogP contribution in [0.2, 0.25) is 0 Å². The van der Waals surface area contributed by atoms with Gasteiger partial charge in [-0.25, -0.2) is 15.0 Å². The average Bonchev–Trinajstić information content (AvgIpc) is 3.36. The van der Waals surface area contributed by atoms with Crippen molar-refractivity contribution in [3.05, 3.63) is 230 Å². The van der Waals surface area contributed by atoms with Crippen LogP contribution < -0.4 is 0 Å². The fourth-order valence-corrected chi connectivity index (χ4v) is 8.87. The van der Waals surface area contributed by atoms with Crippen molar-refractivity contribution in [1.29, 1.82) is 0 Å². The summed E-state index contributed by atoms with van der Waals surface area (Å²) < 4.78 is 0. The van der Waals surface area contributed by atoms with E-state index in [0.29, 0.717) is 5.82 Å². The van der Waals surface area contributed by atoms with Gasteiger partial charge in [0.15, 0.2) is 5.82 Å². The van der Waals surface area contributed by atoms with Gasteiger partial charge in [-0.1, -0.05) is 194 Å². The first-order valence-electron chi connectivity index (χ1n) is 21.5. The minimum absolute atomic E-state index is 0.685. The minimum atomic E-state index is 0.685. The molecule has 11 aromatic rings. The zero-order valence-corrected chi connectivity index (χ0v) is 34.8. The molecule has 0 aliphatic rings. The zero-order valence-electron chi connectivity index (χ0n) is 34.8. The molecule has 0 aliphatic heterocycles. The highest BCUT2D eigenvalue weighted by Crippen LogP contribution is 2.43. The first-order chi connectivity index (χ1) is 31.2. The summed E-state index contributed by atoms with van der Waals surface area (Å²) in [4.78, 5) is 16.3. The fourth-order valence-electron chi connectivity index (χ4n) is 8.87. The van der Waals surface area contributed by atoms with Gasteiger partial charge in [0.25, 0.3) is 0 Å². The third-order valence-corrected chi connectivity index (χ3v) is 11.9. The van der Waals surface area contributed by atoms with Crippen LogP contribution in [-0.4, -0.2) is 15.0 Å². The van der Waals surface area contributed by atoms with Crippen molar-refractivity contribution in [1.82, 2.24) is 15.0 Å². The number of allylic oxidation sites excluding steroid dienone is 3. The van der Waals surface area contributed by atoms with Crippen LogP contribution in [0.1, 0.15) is 12.5 Å². The standard InChI is InChI=1S/C60H41N3/c1-2-3-6-26-47-38-53-51-29-15-16-30-55(51)61-57(49-33-31-40-18-11-13-24-44(40)35-49)54(53)39-52(47)46-27-17-28-48(37-46)56-58(42-20-7-4-8-21-42)62-60(63-59(56)43-22-9-5-10-23-43)50-34-32-41-19-12-14-25-45(41)36-50/h2-39H,1H3/b3-2-,26-6-. The molecule has 0 radical (unpaired) electrons. The number of fused-ring (bicyclic) bond motifs is 5. The lowest BCUT2D eigenvalue weighted by Gasteiger charge is -2.19. The SMILES string of the molecule is C/C=C\C=C/c1cc2c(cc1-c1cccc(-c3c(-c4ccccc4)nc(-c4ccc5ccccc5c4)nc3-c3ccccc3)c1)c(-c1ccc3ccccc3c1)nc1ccccc12. The number of pyridine rings is 1. The maximum absolute atomic E-state index is 5.45. The Morgan fingerprint density at radius 1 is 0.349 bits per heavy atom. The topological polar surface area (TPSA) is 38.7 Å². The highest BCUT2D eigenvalue weighted by molar-refractivity contribution is 6.13. The Labute approximate surface area is 367 Å². The van der Waals surface area contributed by atoms with E-state index in [1.807, 2.05) is 6.92 Å². The Balaban J connectivity index is 1.17. The number of benzene rings is 9. The maximum atomic E-state index is 5.45. The van der Waals surface area contributed by atoms with Crippen molar-refractivity contribution in [2.45, 2.75) is 6.92 Å². The van der Waals surface area contributed by atoms with Crippen LogP contribution in [-0.2, 0) is 0 Å². The average molecular weight is 804 g/mol. The first-order valence-corrected chi connectivity index (χ1v) is 21.5. The molecule has 2 heterocycles. The summed E-state index contributed by atoms with van der Waals surface area (Å²) in [5.74, 6) is 0.685. The van der Waals surface area contributed by atoms with Gasteiger partial charge in [0, 0.05) is 38.6 Å². The van der Waals surface area contributed by atoms with E-state index in [1.165, 1.54) is 21.5 Å². The van der Waals surface area contributed by atoms with Crippen LogP contribution in [0.5, 0.6) is 0 Å². The molecular weight excluding hydrogens is 763 g/mol. The van der Waals surface area contributed by atoms with Gasteiger partial charge in [0.05, 0.1) is 22.6 Å². The summed E-state index contributed by atoms with van der Waals surface area (Å²) in [7, 11) is 0. The van der Waals surface area contributed by atoms with E-state index in [-0.39, 0.29) is 0 Å². The van der Waals surface area contributed by atoms with Gasteiger partial charge in [-0.3, -0.25) is 0 Å². The molecule has 0 aliphatic carbocycles. The van der Waals surface area contributed by atoms with Gasteiger partial charge in [-0.2, -0.15) is 0 Å². The highest BCUT2D eigenvalue weighted by Gasteiger charge is 2.22. The molecule has 0 saturated carbocycles. The van der Waals surface area contributed by atoms with Gasteiger partial charge in [-0.15, -0.1) is 0 Å². The molecule has 9 aromatic carbocycles. The number of rotatable bonds is 8.